The van der Waals surface area contributed by atoms with Crippen LogP contribution in [0.15, 0.2) is 84.4 Å². The molecular formula is C24H20N2O3. The molecule has 1 aliphatic rings. The monoisotopic (exact) mass is 384 g/mol. The summed E-state index contributed by atoms with van der Waals surface area (Å²) < 4.78 is 5.93. The van der Waals surface area contributed by atoms with E-state index in [0.717, 1.165) is 11.1 Å². The van der Waals surface area contributed by atoms with Gasteiger partial charge in [-0.2, -0.15) is 0 Å². The third-order valence-electron chi connectivity index (χ3n) is 4.64. The number of para-hydroxylation sites is 1. The molecule has 1 aliphatic heterocycles. The maximum Gasteiger partial charge on any atom is 0.282 e. The van der Waals surface area contributed by atoms with Crippen molar-refractivity contribution >= 4 is 23.6 Å². The van der Waals surface area contributed by atoms with Crippen LogP contribution in [0.4, 0.5) is 5.69 Å². The molecule has 29 heavy (non-hydrogen) atoms. The highest BCUT2D eigenvalue weighted by atomic mass is 16.5. The van der Waals surface area contributed by atoms with Gasteiger partial charge in [0.25, 0.3) is 11.8 Å². The van der Waals surface area contributed by atoms with Crippen LogP contribution in [0.2, 0.25) is 0 Å². The number of hydrogen-bond acceptors (Lipinski definition) is 3. The van der Waals surface area contributed by atoms with Crippen molar-refractivity contribution in [1.29, 1.82) is 0 Å². The third kappa shape index (κ3) is 4.04. The highest BCUT2D eigenvalue weighted by Crippen LogP contribution is 2.26. The Morgan fingerprint density at radius 2 is 1.59 bits per heavy atom. The van der Waals surface area contributed by atoms with Gasteiger partial charge in [-0.1, -0.05) is 66.2 Å². The van der Waals surface area contributed by atoms with Crippen molar-refractivity contribution in [2.45, 2.75) is 13.5 Å². The normalized spacial score (nSPS) is 14.9. The van der Waals surface area contributed by atoms with E-state index in [9.17, 15) is 9.59 Å². The predicted molar refractivity (Wildman–Crippen MR) is 112 cm³/mol. The Bertz CT molecular complexity index is 1070. The molecule has 1 fully saturated rings. The number of amides is 2. The van der Waals surface area contributed by atoms with Gasteiger partial charge in [0.1, 0.15) is 17.9 Å². The van der Waals surface area contributed by atoms with Crippen molar-refractivity contribution in [3.8, 4) is 5.75 Å². The second-order valence-electron chi connectivity index (χ2n) is 6.79. The van der Waals surface area contributed by atoms with Crippen LogP contribution in [0, 0.1) is 6.92 Å². The Morgan fingerprint density at radius 3 is 2.34 bits per heavy atom. The van der Waals surface area contributed by atoms with Gasteiger partial charge in [-0.05, 0) is 36.8 Å². The maximum atomic E-state index is 12.8. The molecule has 0 saturated carbocycles. The summed E-state index contributed by atoms with van der Waals surface area (Å²) >= 11 is 0. The van der Waals surface area contributed by atoms with Gasteiger partial charge in [-0.3, -0.25) is 15.0 Å². The summed E-state index contributed by atoms with van der Waals surface area (Å²) in [5.41, 5.74) is 6.10. The molecule has 0 unspecified atom stereocenters. The van der Waals surface area contributed by atoms with Gasteiger partial charge in [0, 0.05) is 5.56 Å². The van der Waals surface area contributed by atoms with Crippen molar-refractivity contribution in [3.63, 3.8) is 0 Å². The zero-order chi connectivity index (χ0) is 20.2. The molecule has 0 aliphatic carbocycles. The van der Waals surface area contributed by atoms with E-state index in [2.05, 4.69) is 5.43 Å². The Labute approximate surface area is 169 Å². The molecular weight excluding hydrogens is 364 g/mol. The van der Waals surface area contributed by atoms with Crippen molar-refractivity contribution < 1.29 is 14.3 Å². The van der Waals surface area contributed by atoms with E-state index in [1.807, 2.05) is 73.7 Å². The lowest BCUT2D eigenvalue weighted by molar-refractivity contribution is -0.117. The molecule has 5 heteroatoms. The standard InChI is InChI=1S/C24H20N2O3/c1-17-11-13-20(14-12-17)26-24(28)21(23(27)25-26)15-19-9-5-6-10-22(19)29-16-18-7-3-2-4-8-18/h2-15H,16H2,1H3,(H,25,27)/b21-15-. The second-order valence-corrected chi connectivity index (χ2v) is 6.79. The topological polar surface area (TPSA) is 58.6 Å². The lowest BCUT2D eigenvalue weighted by Crippen LogP contribution is -2.35. The predicted octanol–water partition coefficient (Wildman–Crippen LogP) is 4.04. The highest BCUT2D eigenvalue weighted by molar-refractivity contribution is 6.31. The van der Waals surface area contributed by atoms with E-state index in [-0.39, 0.29) is 5.57 Å². The van der Waals surface area contributed by atoms with Gasteiger partial charge >= 0.3 is 0 Å². The van der Waals surface area contributed by atoms with Crippen LogP contribution < -0.4 is 15.2 Å². The first kappa shape index (κ1) is 18.5. The molecule has 0 atom stereocenters. The molecule has 1 N–H and O–H groups in total. The number of nitrogens with one attached hydrogen (secondary N) is 1. The van der Waals surface area contributed by atoms with Gasteiger partial charge in [0.2, 0.25) is 0 Å². The minimum Gasteiger partial charge on any atom is -0.488 e. The summed E-state index contributed by atoms with van der Waals surface area (Å²) in [5.74, 6) is -0.219. The SMILES string of the molecule is Cc1ccc(N2NC(=O)/C(=C/c3ccccc3OCc3ccccc3)C2=O)cc1. The summed E-state index contributed by atoms with van der Waals surface area (Å²) in [6.07, 6.45) is 1.58. The fourth-order valence-corrected chi connectivity index (χ4v) is 3.06. The number of nitrogens with zero attached hydrogens (tertiary/aromatic N) is 1. The average molecular weight is 384 g/mol. The second kappa shape index (κ2) is 8.02. The van der Waals surface area contributed by atoms with E-state index >= 15 is 0 Å². The number of rotatable bonds is 5. The van der Waals surface area contributed by atoms with E-state index in [1.54, 1.807) is 18.2 Å². The third-order valence-corrected chi connectivity index (χ3v) is 4.64. The van der Waals surface area contributed by atoms with E-state index in [4.69, 9.17) is 4.74 Å². The number of benzene rings is 3. The van der Waals surface area contributed by atoms with Gasteiger partial charge in [0.15, 0.2) is 0 Å². The Hall–Kier alpha value is -3.86. The first-order chi connectivity index (χ1) is 14.1. The first-order valence-electron chi connectivity index (χ1n) is 9.31. The lowest BCUT2D eigenvalue weighted by atomic mass is 10.1. The molecule has 0 bridgehead atoms. The number of anilines is 1. The van der Waals surface area contributed by atoms with Gasteiger partial charge < -0.3 is 4.74 Å². The molecule has 4 rings (SSSR count). The van der Waals surface area contributed by atoms with Crippen LogP contribution in [0.5, 0.6) is 5.75 Å². The van der Waals surface area contributed by atoms with Crippen LogP contribution in [-0.2, 0) is 16.2 Å². The van der Waals surface area contributed by atoms with E-state index in [1.165, 1.54) is 5.01 Å². The van der Waals surface area contributed by atoms with Gasteiger partial charge in [0.05, 0.1) is 5.69 Å². The molecule has 144 valence electrons. The minimum absolute atomic E-state index is 0.0707. The van der Waals surface area contributed by atoms with Crippen LogP contribution in [0.1, 0.15) is 16.7 Å². The van der Waals surface area contributed by atoms with Gasteiger partial charge in [-0.15, -0.1) is 0 Å². The average Bonchev–Trinajstić information content (AvgIpc) is 3.03. The summed E-state index contributed by atoms with van der Waals surface area (Å²) in [7, 11) is 0. The number of aryl methyl sites for hydroxylation is 1. The summed E-state index contributed by atoms with van der Waals surface area (Å²) in [6.45, 7) is 2.36. The number of ether oxygens (including phenoxy) is 1. The largest absolute Gasteiger partial charge is 0.488 e. The molecule has 3 aromatic carbocycles. The number of carbonyl (C=O) groups excluding carboxylic acids is 2. The zero-order valence-electron chi connectivity index (χ0n) is 16.0. The van der Waals surface area contributed by atoms with Crippen molar-refractivity contribution in [2.24, 2.45) is 0 Å². The molecule has 0 radical (unpaired) electrons. The minimum atomic E-state index is -0.437. The van der Waals surface area contributed by atoms with Gasteiger partial charge in [-0.25, -0.2) is 5.01 Å². The summed E-state index contributed by atoms with van der Waals surface area (Å²) in [4.78, 5) is 25.3. The molecule has 0 spiro atoms. The molecule has 2 amide bonds. The van der Waals surface area contributed by atoms with Crippen LogP contribution >= 0.6 is 0 Å². The van der Waals surface area contributed by atoms with Crippen LogP contribution in [0.25, 0.3) is 6.08 Å². The Balaban J connectivity index is 1.58. The molecule has 5 nitrogen and oxygen atoms in total. The quantitative estimate of drug-likeness (QED) is 0.534. The lowest BCUT2D eigenvalue weighted by Gasteiger charge is -2.14. The number of carbonyl (C=O) groups is 2. The van der Waals surface area contributed by atoms with E-state index in [0.29, 0.717) is 23.6 Å². The highest BCUT2D eigenvalue weighted by Gasteiger charge is 2.34. The van der Waals surface area contributed by atoms with Crippen molar-refractivity contribution in [3.05, 3.63) is 101 Å². The fourth-order valence-electron chi connectivity index (χ4n) is 3.06. The number of hydrazine groups is 1. The summed E-state index contributed by atoms with van der Waals surface area (Å²) in [6, 6.07) is 24.5. The maximum absolute atomic E-state index is 12.8. The van der Waals surface area contributed by atoms with Crippen LogP contribution in [-0.4, -0.2) is 11.8 Å². The first-order valence-corrected chi connectivity index (χ1v) is 9.31. The molecule has 1 heterocycles. The Kier molecular flexibility index (Phi) is 5.12. The zero-order valence-corrected chi connectivity index (χ0v) is 16.0. The smallest absolute Gasteiger partial charge is 0.282 e. The fraction of sp³-hybridized carbons (Fsp3) is 0.0833. The molecule has 1 saturated heterocycles. The molecule has 3 aromatic rings. The van der Waals surface area contributed by atoms with E-state index < -0.39 is 11.8 Å². The molecule has 0 aromatic heterocycles. The summed E-state index contributed by atoms with van der Waals surface area (Å²) in [5, 5.41) is 1.26. The van der Waals surface area contributed by atoms with Crippen LogP contribution in [0.3, 0.4) is 0 Å². The van der Waals surface area contributed by atoms with Crippen molar-refractivity contribution in [1.82, 2.24) is 5.43 Å². The number of hydrogen-bond donors (Lipinski definition) is 1. The van der Waals surface area contributed by atoms with Crippen molar-refractivity contribution in [2.75, 3.05) is 5.01 Å². The Morgan fingerprint density at radius 1 is 0.897 bits per heavy atom.